The molecule has 160 valence electrons. The summed E-state index contributed by atoms with van der Waals surface area (Å²) < 4.78 is 5.41. The highest BCUT2D eigenvalue weighted by Crippen LogP contribution is 2.40. The van der Waals surface area contributed by atoms with E-state index in [9.17, 15) is 10.1 Å². The third kappa shape index (κ3) is 4.16. The van der Waals surface area contributed by atoms with Crippen molar-refractivity contribution in [3.63, 3.8) is 0 Å². The zero-order valence-corrected chi connectivity index (χ0v) is 18.2. The van der Waals surface area contributed by atoms with E-state index in [1.807, 2.05) is 43.3 Å². The van der Waals surface area contributed by atoms with Gasteiger partial charge in [0.15, 0.2) is 5.96 Å². The predicted octanol–water partition coefficient (Wildman–Crippen LogP) is 3.74. The van der Waals surface area contributed by atoms with Crippen molar-refractivity contribution in [3.8, 4) is 6.07 Å². The Bertz CT molecular complexity index is 1070. The van der Waals surface area contributed by atoms with Gasteiger partial charge in [0.1, 0.15) is 0 Å². The van der Waals surface area contributed by atoms with Crippen molar-refractivity contribution in [3.05, 3.63) is 69.7 Å². The van der Waals surface area contributed by atoms with Gasteiger partial charge in [-0.3, -0.25) is 9.69 Å². The number of benzene rings is 2. The minimum Gasteiger partial charge on any atom is -0.381 e. The molecule has 0 bridgehead atoms. The summed E-state index contributed by atoms with van der Waals surface area (Å²) in [7, 11) is 0. The molecule has 0 unspecified atom stereocenters. The largest absolute Gasteiger partial charge is 0.381 e. The lowest BCUT2D eigenvalue weighted by molar-refractivity contribution is -0.132. The summed E-state index contributed by atoms with van der Waals surface area (Å²) in [6.07, 6.45) is 2.23. The zero-order valence-electron chi connectivity index (χ0n) is 17.5. The van der Waals surface area contributed by atoms with Crippen molar-refractivity contribution in [1.82, 2.24) is 4.90 Å². The minimum atomic E-state index is -0.843. The van der Waals surface area contributed by atoms with E-state index in [0.717, 1.165) is 29.5 Å². The van der Waals surface area contributed by atoms with Crippen LogP contribution in [0.2, 0.25) is 5.02 Å². The summed E-state index contributed by atoms with van der Waals surface area (Å²) >= 11 is 6.82. The number of carbonyl (C=O) groups excluding carboxylic acids is 1. The number of guanidine groups is 1. The van der Waals surface area contributed by atoms with E-state index in [1.165, 1.54) is 0 Å². The van der Waals surface area contributed by atoms with Crippen LogP contribution in [0.5, 0.6) is 0 Å². The molecule has 0 spiro atoms. The number of carbonyl (C=O) groups is 1. The van der Waals surface area contributed by atoms with Crippen LogP contribution in [0.15, 0.2) is 47.5 Å². The van der Waals surface area contributed by atoms with Crippen LogP contribution in [0.1, 0.15) is 48.4 Å². The highest BCUT2D eigenvalue weighted by molar-refractivity contribution is 6.32. The van der Waals surface area contributed by atoms with Crippen molar-refractivity contribution in [1.29, 1.82) is 5.26 Å². The fraction of sp³-hybridized carbons (Fsp3) is 0.375. The Labute approximate surface area is 187 Å². The molecule has 1 atom stereocenters. The normalized spacial score (nSPS) is 22.2. The smallest absolute Gasteiger partial charge is 0.232 e. The molecule has 2 aromatic carbocycles. The van der Waals surface area contributed by atoms with Crippen LogP contribution in [0, 0.1) is 11.3 Å². The highest BCUT2D eigenvalue weighted by Gasteiger charge is 2.41. The summed E-state index contributed by atoms with van der Waals surface area (Å²) in [5.41, 5.74) is 8.64. The second-order valence-electron chi connectivity index (χ2n) is 8.25. The maximum absolute atomic E-state index is 13.1. The van der Waals surface area contributed by atoms with Gasteiger partial charge in [0.05, 0.1) is 23.6 Å². The SMILES string of the molecule is C[C@@]1(c2cccc(Cc3ccccc3C#N)c2Cl)CC(=O)N(C2CCOCC2)C(N)=N1. The lowest BCUT2D eigenvalue weighted by Crippen LogP contribution is -2.55. The Morgan fingerprint density at radius 2 is 1.94 bits per heavy atom. The molecule has 4 rings (SSSR count). The van der Waals surface area contributed by atoms with E-state index in [1.54, 1.807) is 11.0 Å². The van der Waals surface area contributed by atoms with Crippen LogP contribution in [0.3, 0.4) is 0 Å². The molecule has 2 N–H and O–H groups in total. The van der Waals surface area contributed by atoms with Gasteiger partial charge in [-0.15, -0.1) is 0 Å². The Balaban J connectivity index is 1.66. The van der Waals surface area contributed by atoms with Gasteiger partial charge in [-0.25, -0.2) is 4.99 Å². The second kappa shape index (κ2) is 8.70. The first-order valence-electron chi connectivity index (χ1n) is 10.4. The summed E-state index contributed by atoms with van der Waals surface area (Å²) in [5.74, 6) is 0.195. The van der Waals surface area contributed by atoms with Gasteiger partial charge in [0, 0.05) is 30.7 Å². The molecule has 2 aliphatic heterocycles. The van der Waals surface area contributed by atoms with Crippen molar-refractivity contribution >= 4 is 23.5 Å². The maximum Gasteiger partial charge on any atom is 0.232 e. The fourth-order valence-electron chi connectivity index (χ4n) is 4.46. The van der Waals surface area contributed by atoms with Crippen LogP contribution in [-0.2, 0) is 21.5 Å². The first-order valence-corrected chi connectivity index (χ1v) is 10.8. The average Bonchev–Trinajstić information content (AvgIpc) is 2.75. The van der Waals surface area contributed by atoms with Crippen molar-refractivity contribution in [2.45, 2.75) is 44.2 Å². The molecule has 31 heavy (non-hydrogen) atoms. The minimum absolute atomic E-state index is 0.0267. The van der Waals surface area contributed by atoms with E-state index in [2.05, 4.69) is 6.07 Å². The topological polar surface area (TPSA) is 91.7 Å². The number of aliphatic imine (C=N–C) groups is 1. The second-order valence-corrected chi connectivity index (χ2v) is 8.63. The first kappa shape index (κ1) is 21.4. The molecule has 2 aromatic rings. The molecule has 0 radical (unpaired) electrons. The highest BCUT2D eigenvalue weighted by atomic mass is 35.5. The van der Waals surface area contributed by atoms with Crippen LogP contribution < -0.4 is 5.73 Å². The monoisotopic (exact) mass is 436 g/mol. The molecule has 0 saturated carbocycles. The van der Waals surface area contributed by atoms with Gasteiger partial charge in [0.2, 0.25) is 5.91 Å². The standard InChI is InChI=1S/C24H25ClN4O2/c1-24(14-21(30)29(23(27)28-24)19-9-11-31-12-10-19)20-8-4-7-17(22(20)25)13-16-5-2-3-6-18(16)15-26/h2-8,19H,9-14H2,1H3,(H2,27,28)/t24-/m0/s1. The van der Waals surface area contributed by atoms with Gasteiger partial charge in [-0.1, -0.05) is 48.0 Å². The van der Waals surface area contributed by atoms with Gasteiger partial charge >= 0.3 is 0 Å². The molecular formula is C24H25ClN4O2. The number of ether oxygens (including phenoxy) is 1. The number of rotatable bonds is 4. The quantitative estimate of drug-likeness (QED) is 0.790. The number of nitrogens with zero attached hydrogens (tertiary/aromatic N) is 3. The number of nitrogens with two attached hydrogens (primary N) is 1. The Hall–Kier alpha value is -2.88. The van der Waals surface area contributed by atoms with E-state index < -0.39 is 5.54 Å². The van der Waals surface area contributed by atoms with Crippen molar-refractivity contribution in [2.75, 3.05) is 13.2 Å². The van der Waals surface area contributed by atoms with Crippen molar-refractivity contribution in [2.24, 2.45) is 10.7 Å². The number of hydrogen-bond donors (Lipinski definition) is 1. The summed E-state index contributed by atoms with van der Waals surface area (Å²) in [6.45, 7) is 3.14. The third-order valence-electron chi connectivity index (χ3n) is 6.11. The van der Waals surface area contributed by atoms with E-state index >= 15 is 0 Å². The molecule has 2 aliphatic rings. The van der Waals surface area contributed by atoms with E-state index in [0.29, 0.717) is 30.2 Å². The first-order chi connectivity index (χ1) is 14.9. The van der Waals surface area contributed by atoms with Gasteiger partial charge in [-0.2, -0.15) is 5.26 Å². The summed E-state index contributed by atoms with van der Waals surface area (Å²) in [6, 6.07) is 15.5. The Kier molecular flexibility index (Phi) is 5.99. The lowest BCUT2D eigenvalue weighted by Gasteiger charge is -2.40. The molecule has 6 nitrogen and oxygen atoms in total. The predicted molar refractivity (Wildman–Crippen MR) is 120 cm³/mol. The Morgan fingerprint density at radius 3 is 2.65 bits per heavy atom. The van der Waals surface area contributed by atoms with Crippen LogP contribution in [0.4, 0.5) is 0 Å². The fourth-order valence-corrected chi connectivity index (χ4v) is 4.86. The van der Waals surface area contributed by atoms with Crippen LogP contribution >= 0.6 is 11.6 Å². The molecular weight excluding hydrogens is 412 g/mol. The van der Waals surface area contributed by atoms with Gasteiger partial charge in [-0.05, 0) is 42.5 Å². The van der Waals surface area contributed by atoms with Crippen LogP contribution in [-0.4, -0.2) is 36.0 Å². The maximum atomic E-state index is 13.1. The average molecular weight is 437 g/mol. The molecule has 1 fully saturated rings. The number of hydrogen-bond acceptors (Lipinski definition) is 5. The Morgan fingerprint density at radius 1 is 1.23 bits per heavy atom. The van der Waals surface area contributed by atoms with Crippen LogP contribution in [0.25, 0.3) is 0 Å². The molecule has 1 saturated heterocycles. The lowest BCUT2D eigenvalue weighted by atomic mass is 9.85. The summed E-state index contributed by atoms with van der Waals surface area (Å²) in [4.78, 5) is 19.5. The van der Waals surface area contributed by atoms with E-state index in [-0.39, 0.29) is 24.3 Å². The van der Waals surface area contributed by atoms with Gasteiger partial charge in [0.25, 0.3) is 0 Å². The number of halogens is 1. The number of amides is 1. The van der Waals surface area contributed by atoms with E-state index in [4.69, 9.17) is 27.1 Å². The third-order valence-corrected chi connectivity index (χ3v) is 6.55. The molecule has 2 heterocycles. The summed E-state index contributed by atoms with van der Waals surface area (Å²) in [5, 5.41) is 9.95. The molecule has 1 amide bonds. The van der Waals surface area contributed by atoms with Gasteiger partial charge < -0.3 is 10.5 Å². The zero-order chi connectivity index (χ0) is 22.0. The molecule has 0 aliphatic carbocycles. The van der Waals surface area contributed by atoms with Crippen molar-refractivity contribution < 1.29 is 9.53 Å². The number of nitriles is 1. The molecule has 7 heteroatoms. The molecule has 0 aromatic heterocycles.